The summed E-state index contributed by atoms with van der Waals surface area (Å²) in [5.74, 6) is 0.170. The molecule has 0 aromatic heterocycles. The lowest BCUT2D eigenvalue weighted by Crippen LogP contribution is -2.44. The van der Waals surface area contributed by atoms with Crippen molar-refractivity contribution in [2.75, 3.05) is 6.54 Å². The van der Waals surface area contributed by atoms with Crippen molar-refractivity contribution >= 4 is 22.0 Å². The van der Waals surface area contributed by atoms with Gasteiger partial charge in [0, 0.05) is 17.1 Å². The lowest BCUT2D eigenvalue weighted by atomic mass is 10.1. The number of benzene rings is 1. The second-order valence-corrected chi connectivity index (χ2v) is 6.47. The number of carbonyl (C=O) groups excluding carboxylic acids is 1. The number of phenolic OH excluding ortho intramolecular Hbond substituents is 1. The molecule has 0 fully saturated rings. The van der Waals surface area contributed by atoms with Crippen LogP contribution in [0.15, 0.2) is 22.7 Å². The highest BCUT2D eigenvalue weighted by Crippen LogP contribution is 2.23. The van der Waals surface area contributed by atoms with Gasteiger partial charge in [0.2, 0.25) is 0 Å². The molecule has 0 saturated heterocycles. The largest absolute Gasteiger partial charge is 0.508 e. The van der Waals surface area contributed by atoms with E-state index >= 15 is 0 Å². The Morgan fingerprint density at radius 2 is 2.15 bits per heavy atom. The molecule has 112 valence electrons. The fourth-order valence-electron chi connectivity index (χ4n) is 1.64. The number of aromatic hydroxyl groups is 1. The van der Waals surface area contributed by atoms with Crippen LogP contribution in [0.25, 0.3) is 0 Å². The monoisotopic (exact) mass is 344 g/mol. The molecule has 1 amide bonds. The Bertz CT molecular complexity index is 472. The number of hydrogen-bond acceptors (Lipinski definition) is 4. The fourth-order valence-corrected chi connectivity index (χ4v) is 1.99. The molecule has 1 rings (SSSR count). The molecule has 0 aliphatic carbocycles. The van der Waals surface area contributed by atoms with E-state index in [1.807, 2.05) is 6.07 Å². The van der Waals surface area contributed by atoms with E-state index in [-0.39, 0.29) is 18.3 Å². The smallest absolute Gasteiger partial charge is 0.407 e. The predicted molar refractivity (Wildman–Crippen MR) is 81.7 cm³/mol. The van der Waals surface area contributed by atoms with Gasteiger partial charge in [-0.05, 0) is 44.9 Å². The third kappa shape index (κ3) is 5.79. The van der Waals surface area contributed by atoms with E-state index in [9.17, 15) is 9.90 Å². The van der Waals surface area contributed by atoms with Gasteiger partial charge in [-0.1, -0.05) is 22.0 Å². The average Bonchev–Trinajstić information content (AvgIpc) is 2.29. The number of phenols is 1. The van der Waals surface area contributed by atoms with Gasteiger partial charge in [-0.3, -0.25) is 0 Å². The summed E-state index contributed by atoms with van der Waals surface area (Å²) in [5, 5.41) is 12.5. The van der Waals surface area contributed by atoms with Gasteiger partial charge in [-0.2, -0.15) is 0 Å². The van der Waals surface area contributed by atoms with Crippen molar-refractivity contribution in [3.05, 3.63) is 28.2 Å². The van der Waals surface area contributed by atoms with Crippen LogP contribution in [-0.4, -0.2) is 29.4 Å². The number of amides is 1. The molecular formula is C14H21BrN2O3. The Morgan fingerprint density at radius 3 is 2.65 bits per heavy atom. The standard InChI is InChI=1S/C14H21BrN2O3/c1-14(2,3)20-13(19)17-11(8-16)6-9-4-5-10(15)7-12(9)18/h4-5,7,11,18H,6,8,16H2,1-3H3,(H,17,19). The summed E-state index contributed by atoms with van der Waals surface area (Å²) in [6.07, 6.45) is -0.0703. The number of alkyl carbamates (subject to hydrolysis) is 1. The van der Waals surface area contributed by atoms with Gasteiger partial charge in [0.1, 0.15) is 11.4 Å². The number of nitrogens with two attached hydrogens (primary N) is 1. The van der Waals surface area contributed by atoms with Crippen LogP contribution in [0.3, 0.4) is 0 Å². The van der Waals surface area contributed by atoms with Crippen LogP contribution in [0.1, 0.15) is 26.3 Å². The molecule has 0 saturated carbocycles. The van der Waals surface area contributed by atoms with Gasteiger partial charge < -0.3 is 20.9 Å². The van der Waals surface area contributed by atoms with E-state index in [1.54, 1.807) is 32.9 Å². The van der Waals surface area contributed by atoms with Gasteiger partial charge in [0.15, 0.2) is 0 Å². The number of nitrogens with one attached hydrogen (secondary N) is 1. The first-order valence-electron chi connectivity index (χ1n) is 6.38. The zero-order chi connectivity index (χ0) is 15.3. The van der Waals surface area contributed by atoms with Crippen LogP contribution >= 0.6 is 15.9 Å². The molecule has 1 aromatic carbocycles. The lowest BCUT2D eigenvalue weighted by molar-refractivity contribution is 0.0505. The zero-order valence-corrected chi connectivity index (χ0v) is 13.5. The van der Waals surface area contributed by atoms with Crippen LogP contribution in [0, 0.1) is 0 Å². The van der Waals surface area contributed by atoms with Crippen molar-refractivity contribution in [3.63, 3.8) is 0 Å². The minimum absolute atomic E-state index is 0.170. The molecule has 1 atom stereocenters. The van der Waals surface area contributed by atoms with Crippen LogP contribution in [0.4, 0.5) is 4.79 Å². The number of hydrogen-bond donors (Lipinski definition) is 3. The summed E-state index contributed by atoms with van der Waals surface area (Å²) in [4.78, 5) is 11.7. The zero-order valence-electron chi connectivity index (χ0n) is 11.9. The van der Waals surface area contributed by atoms with Gasteiger partial charge in [0.25, 0.3) is 0 Å². The van der Waals surface area contributed by atoms with E-state index in [0.29, 0.717) is 6.42 Å². The Morgan fingerprint density at radius 1 is 1.50 bits per heavy atom. The van der Waals surface area contributed by atoms with Crippen molar-refractivity contribution in [3.8, 4) is 5.75 Å². The molecular weight excluding hydrogens is 324 g/mol. The van der Waals surface area contributed by atoms with Crippen molar-refractivity contribution < 1.29 is 14.6 Å². The third-order valence-electron chi connectivity index (χ3n) is 2.52. The molecule has 6 heteroatoms. The molecule has 0 heterocycles. The van der Waals surface area contributed by atoms with Crippen molar-refractivity contribution in [2.45, 2.75) is 38.8 Å². The summed E-state index contributed by atoms with van der Waals surface area (Å²) in [5.41, 5.74) is 5.82. The maximum atomic E-state index is 11.7. The Balaban J connectivity index is 2.65. The summed E-state index contributed by atoms with van der Waals surface area (Å²) in [7, 11) is 0. The minimum atomic E-state index is -0.553. The summed E-state index contributed by atoms with van der Waals surface area (Å²) >= 11 is 3.28. The van der Waals surface area contributed by atoms with Gasteiger partial charge in [-0.15, -0.1) is 0 Å². The van der Waals surface area contributed by atoms with Crippen LogP contribution in [0.5, 0.6) is 5.75 Å². The Labute approximate surface area is 127 Å². The summed E-state index contributed by atoms with van der Waals surface area (Å²) in [6, 6.07) is 4.93. The van der Waals surface area contributed by atoms with Crippen molar-refractivity contribution in [1.29, 1.82) is 0 Å². The van der Waals surface area contributed by atoms with E-state index in [1.165, 1.54) is 0 Å². The molecule has 4 N–H and O–H groups in total. The van der Waals surface area contributed by atoms with Gasteiger partial charge in [-0.25, -0.2) is 4.79 Å². The molecule has 0 spiro atoms. The second kappa shape index (κ2) is 6.95. The average molecular weight is 345 g/mol. The predicted octanol–water partition coefficient (Wildman–Crippen LogP) is 2.55. The number of halogens is 1. The van der Waals surface area contributed by atoms with Crippen LogP contribution < -0.4 is 11.1 Å². The quantitative estimate of drug-likeness (QED) is 0.783. The molecule has 20 heavy (non-hydrogen) atoms. The fraction of sp³-hybridized carbons (Fsp3) is 0.500. The SMILES string of the molecule is CC(C)(C)OC(=O)NC(CN)Cc1ccc(Br)cc1O. The molecule has 0 radical (unpaired) electrons. The molecule has 5 nitrogen and oxygen atoms in total. The Hall–Kier alpha value is -1.27. The summed E-state index contributed by atoms with van der Waals surface area (Å²) in [6.45, 7) is 5.65. The van der Waals surface area contributed by atoms with Gasteiger partial charge in [0.05, 0.1) is 0 Å². The first-order chi connectivity index (χ1) is 9.21. The summed E-state index contributed by atoms with van der Waals surface area (Å²) < 4.78 is 5.98. The Kier molecular flexibility index (Phi) is 5.83. The number of rotatable bonds is 4. The highest BCUT2D eigenvalue weighted by Gasteiger charge is 2.19. The normalized spacial score (nSPS) is 12.8. The highest BCUT2D eigenvalue weighted by atomic mass is 79.9. The topological polar surface area (TPSA) is 84.6 Å². The van der Waals surface area contributed by atoms with Crippen LogP contribution in [0.2, 0.25) is 0 Å². The third-order valence-corrected chi connectivity index (χ3v) is 3.01. The van der Waals surface area contributed by atoms with Gasteiger partial charge >= 0.3 is 6.09 Å². The lowest BCUT2D eigenvalue weighted by Gasteiger charge is -2.23. The highest BCUT2D eigenvalue weighted by molar-refractivity contribution is 9.10. The maximum Gasteiger partial charge on any atom is 0.407 e. The second-order valence-electron chi connectivity index (χ2n) is 5.56. The molecule has 1 aromatic rings. The number of ether oxygens (including phenoxy) is 1. The number of carbonyl (C=O) groups is 1. The van der Waals surface area contributed by atoms with E-state index < -0.39 is 11.7 Å². The van der Waals surface area contributed by atoms with E-state index in [2.05, 4.69) is 21.2 Å². The molecule has 0 aliphatic rings. The minimum Gasteiger partial charge on any atom is -0.508 e. The van der Waals surface area contributed by atoms with E-state index in [0.717, 1.165) is 10.0 Å². The van der Waals surface area contributed by atoms with Crippen molar-refractivity contribution in [1.82, 2.24) is 5.32 Å². The maximum absolute atomic E-state index is 11.7. The molecule has 0 aliphatic heterocycles. The van der Waals surface area contributed by atoms with Crippen molar-refractivity contribution in [2.24, 2.45) is 5.73 Å². The molecule has 0 bridgehead atoms. The van der Waals surface area contributed by atoms with Crippen LogP contribution in [-0.2, 0) is 11.2 Å². The first kappa shape index (κ1) is 16.8. The molecule has 1 unspecified atom stereocenters. The van der Waals surface area contributed by atoms with E-state index in [4.69, 9.17) is 10.5 Å². The first-order valence-corrected chi connectivity index (χ1v) is 7.17.